The highest BCUT2D eigenvalue weighted by Gasteiger charge is 2.30. The van der Waals surface area contributed by atoms with E-state index in [9.17, 15) is 4.79 Å². The van der Waals surface area contributed by atoms with Gasteiger partial charge in [0.05, 0.1) is 7.11 Å². The van der Waals surface area contributed by atoms with Gasteiger partial charge in [-0.25, -0.2) is 9.78 Å². The molecule has 0 aromatic carbocycles. The van der Waals surface area contributed by atoms with Crippen LogP contribution in [0.25, 0.3) is 0 Å². The van der Waals surface area contributed by atoms with Gasteiger partial charge < -0.3 is 15.4 Å². The molecule has 2 rings (SSSR count). The van der Waals surface area contributed by atoms with Gasteiger partial charge in [-0.2, -0.15) is 0 Å². The second kappa shape index (κ2) is 5.97. The van der Waals surface area contributed by atoms with Crippen LogP contribution in [-0.4, -0.2) is 35.6 Å². The number of esters is 1. The average molecular weight is 279 g/mol. The number of carbonyl (C=O) groups is 1. The number of rotatable bonds is 3. The van der Waals surface area contributed by atoms with E-state index in [-0.39, 0.29) is 12.0 Å². The topological polar surface area (TPSA) is 68.5 Å². The highest BCUT2D eigenvalue weighted by atomic mass is 32.1. The maximum Gasteiger partial charge on any atom is 0.328 e. The number of piperidine rings is 1. The molecule has 0 aliphatic carbocycles. The van der Waals surface area contributed by atoms with Gasteiger partial charge in [-0.1, -0.05) is 12.2 Å². The van der Waals surface area contributed by atoms with Crippen molar-refractivity contribution in [2.75, 3.05) is 18.6 Å². The highest BCUT2D eigenvalue weighted by Crippen LogP contribution is 2.24. The largest absolute Gasteiger partial charge is 0.467 e. The van der Waals surface area contributed by atoms with Gasteiger partial charge in [0.1, 0.15) is 16.8 Å². The number of methoxy groups -OCH3 is 1. The molecule has 1 aromatic rings. The Bertz CT molecular complexity index is 475. The van der Waals surface area contributed by atoms with Crippen LogP contribution in [0.2, 0.25) is 0 Å². The summed E-state index contributed by atoms with van der Waals surface area (Å²) in [6, 6.07) is 3.42. The molecule has 0 amide bonds. The third-order valence-corrected chi connectivity index (χ3v) is 3.54. The van der Waals surface area contributed by atoms with Crippen molar-refractivity contribution in [3.8, 4) is 0 Å². The molecule has 1 aliphatic heterocycles. The predicted octanol–water partition coefficient (Wildman–Crippen LogP) is 1.25. The SMILES string of the molecule is COC(=O)C1CCCCN1c1ccc(C(N)=S)cn1. The number of anilines is 1. The van der Waals surface area contributed by atoms with Crippen molar-refractivity contribution in [1.29, 1.82) is 0 Å². The number of thiocarbonyl (C=S) groups is 1. The molecule has 1 atom stereocenters. The number of nitrogens with two attached hydrogens (primary N) is 1. The molecule has 0 saturated carbocycles. The summed E-state index contributed by atoms with van der Waals surface area (Å²) in [5.74, 6) is 0.551. The van der Waals surface area contributed by atoms with E-state index in [0.29, 0.717) is 4.99 Å². The molecule has 102 valence electrons. The summed E-state index contributed by atoms with van der Waals surface area (Å²) in [4.78, 5) is 18.4. The van der Waals surface area contributed by atoms with Crippen LogP contribution in [0.15, 0.2) is 18.3 Å². The second-order valence-electron chi connectivity index (χ2n) is 4.50. The summed E-state index contributed by atoms with van der Waals surface area (Å²) >= 11 is 4.90. The molecular weight excluding hydrogens is 262 g/mol. The number of hydrogen-bond acceptors (Lipinski definition) is 5. The van der Waals surface area contributed by atoms with E-state index < -0.39 is 0 Å². The normalized spacial score (nSPS) is 19.0. The molecule has 1 aromatic heterocycles. The first-order chi connectivity index (χ1) is 9.13. The van der Waals surface area contributed by atoms with E-state index in [1.807, 2.05) is 17.0 Å². The standard InChI is InChI=1S/C13H17N3O2S/c1-18-13(17)10-4-2-3-7-16(10)11-6-5-9(8-15-11)12(14)19/h5-6,8,10H,2-4,7H2,1H3,(H2,14,19). The predicted molar refractivity (Wildman–Crippen MR) is 77.1 cm³/mol. The fourth-order valence-electron chi connectivity index (χ4n) is 2.29. The maximum absolute atomic E-state index is 11.8. The van der Waals surface area contributed by atoms with Gasteiger partial charge in [-0.3, -0.25) is 0 Å². The Kier molecular flexibility index (Phi) is 4.31. The van der Waals surface area contributed by atoms with Gasteiger partial charge in [0, 0.05) is 18.3 Å². The Morgan fingerprint density at radius 1 is 1.53 bits per heavy atom. The van der Waals surface area contributed by atoms with Gasteiger partial charge in [0.25, 0.3) is 0 Å². The van der Waals surface area contributed by atoms with E-state index >= 15 is 0 Å². The van der Waals surface area contributed by atoms with Crippen molar-refractivity contribution >= 4 is 29.0 Å². The minimum atomic E-state index is -0.248. The summed E-state index contributed by atoms with van der Waals surface area (Å²) < 4.78 is 4.85. The summed E-state index contributed by atoms with van der Waals surface area (Å²) in [5.41, 5.74) is 6.27. The van der Waals surface area contributed by atoms with E-state index in [0.717, 1.165) is 37.2 Å². The van der Waals surface area contributed by atoms with E-state index in [1.54, 1.807) is 6.20 Å². The minimum Gasteiger partial charge on any atom is -0.467 e. The molecule has 0 bridgehead atoms. The number of nitrogens with zero attached hydrogens (tertiary/aromatic N) is 2. The van der Waals surface area contributed by atoms with Crippen molar-refractivity contribution in [2.45, 2.75) is 25.3 Å². The lowest BCUT2D eigenvalue weighted by atomic mass is 10.0. The summed E-state index contributed by atoms with van der Waals surface area (Å²) in [6.45, 7) is 0.805. The van der Waals surface area contributed by atoms with Gasteiger partial charge in [-0.05, 0) is 31.4 Å². The van der Waals surface area contributed by atoms with Crippen molar-refractivity contribution in [1.82, 2.24) is 4.98 Å². The van der Waals surface area contributed by atoms with E-state index in [1.165, 1.54) is 7.11 Å². The van der Waals surface area contributed by atoms with E-state index in [4.69, 9.17) is 22.7 Å². The zero-order valence-corrected chi connectivity index (χ0v) is 11.7. The fraction of sp³-hybridized carbons (Fsp3) is 0.462. The second-order valence-corrected chi connectivity index (χ2v) is 4.94. The third-order valence-electron chi connectivity index (χ3n) is 3.30. The molecule has 6 heteroatoms. The molecule has 1 aliphatic rings. The molecule has 1 fully saturated rings. The highest BCUT2D eigenvalue weighted by molar-refractivity contribution is 7.80. The smallest absolute Gasteiger partial charge is 0.328 e. The van der Waals surface area contributed by atoms with Crippen LogP contribution in [0, 0.1) is 0 Å². The van der Waals surface area contributed by atoms with Crippen LogP contribution in [0.3, 0.4) is 0 Å². The lowest BCUT2D eigenvalue weighted by Crippen LogP contribution is -2.45. The van der Waals surface area contributed by atoms with Gasteiger partial charge in [0.2, 0.25) is 0 Å². The number of hydrogen-bond donors (Lipinski definition) is 1. The molecule has 0 radical (unpaired) electrons. The number of pyridine rings is 1. The molecule has 2 heterocycles. The van der Waals surface area contributed by atoms with Crippen molar-refractivity contribution in [3.63, 3.8) is 0 Å². The van der Waals surface area contributed by atoms with Crippen LogP contribution < -0.4 is 10.6 Å². The Labute approximate surface area is 117 Å². The monoisotopic (exact) mass is 279 g/mol. The number of ether oxygens (including phenoxy) is 1. The summed E-state index contributed by atoms with van der Waals surface area (Å²) in [6.07, 6.45) is 4.51. The van der Waals surface area contributed by atoms with Crippen molar-refractivity contribution in [3.05, 3.63) is 23.9 Å². The Hall–Kier alpha value is -1.69. The first-order valence-corrected chi connectivity index (χ1v) is 6.64. The minimum absolute atomic E-state index is 0.208. The molecule has 2 N–H and O–H groups in total. The van der Waals surface area contributed by atoms with Gasteiger partial charge in [0.15, 0.2) is 0 Å². The Morgan fingerprint density at radius 2 is 2.32 bits per heavy atom. The van der Waals surface area contributed by atoms with Crippen molar-refractivity contribution < 1.29 is 9.53 Å². The van der Waals surface area contributed by atoms with Crippen LogP contribution >= 0.6 is 12.2 Å². The van der Waals surface area contributed by atoms with E-state index in [2.05, 4.69) is 4.98 Å². The zero-order valence-electron chi connectivity index (χ0n) is 10.8. The summed E-state index contributed by atoms with van der Waals surface area (Å²) in [7, 11) is 1.42. The third kappa shape index (κ3) is 3.01. The van der Waals surface area contributed by atoms with Crippen LogP contribution in [0.4, 0.5) is 5.82 Å². The quantitative estimate of drug-likeness (QED) is 0.663. The number of carbonyl (C=O) groups excluding carboxylic acids is 1. The molecule has 1 saturated heterocycles. The summed E-state index contributed by atoms with van der Waals surface area (Å²) in [5, 5.41) is 0. The van der Waals surface area contributed by atoms with Gasteiger partial charge >= 0.3 is 5.97 Å². The van der Waals surface area contributed by atoms with Gasteiger partial charge in [-0.15, -0.1) is 0 Å². The zero-order chi connectivity index (χ0) is 13.8. The van der Waals surface area contributed by atoms with Crippen molar-refractivity contribution in [2.24, 2.45) is 5.73 Å². The Morgan fingerprint density at radius 3 is 2.89 bits per heavy atom. The van der Waals surface area contributed by atoms with Crippen LogP contribution in [0.5, 0.6) is 0 Å². The molecule has 5 nitrogen and oxygen atoms in total. The Balaban J connectivity index is 2.22. The fourth-order valence-corrected chi connectivity index (χ4v) is 2.41. The molecule has 1 unspecified atom stereocenters. The lowest BCUT2D eigenvalue weighted by Gasteiger charge is -2.34. The first kappa shape index (κ1) is 13.7. The number of aromatic nitrogens is 1. The molecule has 19 heavy (non-hydrogen) atoms. The van der Waals surface area contributed by atoms with Crippen LogP contribution in [-0.2, 0) is 9.53 Å². The molecular formula is C13H17N3O2S. The van der Waals surface area contributed by atoms with Crippen LogP contribution in [0.1, 0.15) is 24.8 Å². The lowest BCUT2D eigenvalue weighted by molar-refractivity contribution is -0.142. The molecule has 0 spiro atoms. The first-order valence-electron chi connectivity index (χ1n) is 6.24. The average Bonchev–Trinajstić information content (AvgIpc) is 2.46. The maximum atomic E-state index is 11.8.